The lowest BCUT2D eigenvalue weighted by Crippen LogP contribution is -2.37. The fraction of sp³-hybridized carbons (Fsp3) is 0.235. The zero-order valence-electron chi connectivity index (χ0n) is 14.1. The molecule has 9 heteroatoms. The molecular weight excluding hydrogens is 429 g/mol. The molecule has 0 spiro atoms. The summed E-state index contributed by atoms with van der Waals surface area (Å²) in [6.07, 6.45) is 0. The van der Waals surface area contributed by atoms with Crippen LogP contribution in [0.1, 0.15) is 6.92 Å². The summed E-state index contributed by atoms with van der Waals surface area (Å²) in [5, 5.41) is 0. The third kappa shape index (κ3) is 4.34. The predicted octanol–water partition coefficient (Wildman–Crippen LogP) is 3.36. The Morgan fingerprint density at radius 1 is 1.23 bits per heavy atom. The molecule has 0 N–H and O–H groups in total. The smallest absolute Gasteiger partial charge is 0.326 e. The van der Waals surface area contributed by atoms with Crippen molar-refractivity contribution in [3.63, 3.8) is 0 Å². The van der Waals surface area contributed by atoms with E-state index in [0.717, 1.165) is 10.4 Å². The van der Waals surface area contributed by atoms with Crippen LogP contribution in [0.25, 0.3) is 0 Å². The molecule has 0 aliphatic carbocycles. The average molecular weight is 446 g/mol. The zero-order chi connectivity index (χ0) is 19.3. The van der Waals surface area contributed by atoms with E-state index in [9.17, 15) is 17.6 Å². The number of para-hydroxylation sites is 1. The van der Waals surface area contributed by atoms with Gasteiger partial charge in [0.2, 0.25) is 0 Å². The van der Waals surface area contributed by atoms with Gasteiger partial charge in [0.05, 0.1) is 24.3 Å². The Bertz CT molecular complexity index is 904. The molecule has 0 unspecified atom stereocenters. The van der Waals surface area contributed by atoms with Crippen LogP contribution >= 0.6 is 15.9 Å². The first-order valence-electron chi connectivity index (χ1n) is 7.57. The number of anilines is 1. The SMILES string of the molecule is CCOC(=O)CN(c1ccccc1Br)S(=O)(=O)c1ccc(OC)c(F)c1. The molecule has 0 radical (unpaired) electrons. The van der Waals surface area contributed by atoms with Gasteiger partial charge < -0.3 is 9.47 Å². The maximum Gasteiger partial charge on any atom is 0.326 e. The van der Waals surface area contributed by atoms with Gasteiger partial charge in [0.1, 0.15) is 6.54 Å². The van der Waals surface area contributed by atoms with Gasteiger partial charge in [-0.25, -0.2) is 12.8 Å². The van der Waals surface area contributed by atoms with Gasteiger partial charge in [-0.3, -0.25) is 9.10 Å². The van der Waals surface area contributed by atoms with E-state index in [1.807, 2.05) is 0 Å². The van der Waals surface area contributed by atoms with Crippen LogP contribution in [0.15, 0.2) is 51.8 Å². The Morgan fingerprint density at radius 2 is 1.92 bits per heavy atom. The van der Waals surface area contributed by atoms with E-state index >= 15 is 0 Å². The van der Waals surface area contributed by atoms with Gasteiger partial charge in [0.15, 0.2) is 11.6 Å². The van der Waals surface area contributed by atoms with Crippen molar-refractivity contribution in [2.24, 2.45) is 0 Å². The monoisotopic (exact) mass is 445 g/mol. The third-order valence-corrected chi connectivity index (χ3v) is 5.84. The van der Waals surface area contributed by atoms with E-state index in [4.69, 9.17) is 9.47 Å². The minimum absolute atomic E-state index is 0.0817. The number of methoxy groups -OCH3 is 1. The summed E-state index contributed by atoms with van der Waals surface area (Å²) in [4.78, 5) is 11.6. The quantitative estimate of drug-likeness (QED) is 0.610. The van der Waals surface area contributed by atoms with Crippen molar-refractivity contribution in [3.8, 4) is 5.75 Å². The normalized spacial score (nSPS) is 11.1. The van der Waals surface area contributed by atoms with Gasteiger partial charge in [-0.1, -0.05) is 12.1 Å². The van der Waals surface area contributed by atoms with Crippen LogP contribution < -0.4 is 9.04 Å². The average Bonchev–Trinajstić information content (AvgIpc) is 2.60. The van der Waals surface area contributed by atoms with Crippen LogP contribution in [0.3, 0.4) is 0 Å². The van der Waals surface area contributed by atoms with Crippen LogP contribution in [0.2, 0.25) is 0 Å². The summed E-state index contributed by atoms with van der Waals surface area (Å²) < 4.78 is 51.1. The number of carbonyl (C=O) groups excluding carboxylic acids is 1. The number of sulfonamides is 1. The largest absolute Gasteiger partial charge is 0.494 e. The van der Waals surface area contributed by atoms with Gasteiger partial charge >= 0.3 is 5.97 Å². The van der Waals surface area contributed by atoms with Crippen molar-refractivity contribution in [2.45, 2.75) is 11.8 Å². The van der Waals surface area contributed by atoms with Crippen LogP contribution in [0.4, 0.5) is 10.1 Å². The standard InChI is InChI=1S/C17H17BrFNO5S/c1-3-25-17(21)11-20(15-7-5-4-6-13(15)18)26(22,23)12-8-9-16(24-2)14(19)10-12/h4-10H,3,11H2,1-2H3. The van der Waals surface area contributed by atoms with Gasteiger partial charge in [-0.15, -0.1) is 0 Å². The maximum absolute atomic E-state index is 14.0. The minimum atomic E-state index is -4.23. The van der Waals surface area contributed by atoms with Crippen molar-refractivity contribution >= 4 is 37.6 Å². The highest BCUT2D eigenvalue weighted by molar-refractivity contribution is 9.10. The Kier molecular flexibility index (Phi) is 6.60. The van der Waals surface area contributed by atoms with Crippen LogP contribution in [-0.2, 0) is 19.6 Å². The van der Waals surface area contributed by atoms with E-state index in [1.165, 1.54) is 25.3 Å². The summed E-state index contributed by atoms with van der Waals surface area (Å²) >= 11 is 3.28. The van der Waals surface area contributed by atoms with Gasteiger partial charge in [0.25, 0.3) is 10.0 Å². The maximum atomic E-state index is 14.0. The molecule has 2 rings (SSSR count). The number of ether oxygens (including phenoxy) is 2. The Labute approximate surface area is 159 Å². The second kappa shape index (κ2) is 8.50. The fourth-order valence-electron chi connectivity index (χ4n) is 2.21. The Morgan fingerprint density at radius 3 is 2.50 bits per heavy atom. The molecule has 2 aromatic carbocycles. The molecule has 0 amide bonds. The molecule has 0 saturated carbocycles. The molecule has 0 atom stereocenters. The number of benzene rings is 2. The Balaban J connectivity index is 2.54. The zero-order valence-corrected chi connectivity index (χ0v) is 16.5. The summed E-state index contributed by atoms with van der Waals surface area (Å²) in [7, 11) is -2.95. The van der Waals surface area contributed by atoms with E-state index < -0.39 is 28.4 Å². The number of rotatable bonds is 7. The first-order valence-corrected chi connectivity index (χ1v) is 9.81. The summed E-state index contributed by atoms with van der Waals surface area (Å²) in [6, 6.07) is 9.77. The lowest BCUT2D eigenvalue weighted by Gasteiger charge is -2.24. The highest BCUT2D eigenvalue weighted by Gasteiger charge is 2.29. The first kappa shape index (κ1) is 20.2. The third-order valence-electron chi connectivity index (χ3n) is 3.41. The predicted molar refractivity (Wildman–Crippen MR) is 98.3 cm³/mol. The highest BCUT2D eigenvalue weighted by Crippen LogP contribution is 2.31. The van der Waals surface area contributed by atoms with E-state index in [1.54, 1.807) is 25.1 Å². The molecule has 0 saturated heterocycles. The van der Waals surface area contributed by atoms with Gasteiger partial charge in [-0.2, -0.15) is 0 Å². The molecule has 0 heterocycles. The summed E-state index contributed by atoms with van der Waals surface area (Å²) in [6.45, 7) is 1.18. The van der Waals surface area contributed by atoms with Crippen molar-refractivity contribution < 1.29 is 27.1 Å². The van der Waals surface area contributed by atoms with Gasteiger partial charge in [0, 0.05) is 4.47 Å². The number of nitrogens with zero attached hydrogens (tertiary/aromatic N) is 1. The van der Waals surface area contributed by atoms with E-state index in [-0.39, 0.29) is 22.9 Å². The fourth-order valence-corrected chi connectivity index (χ4v) is 4.27. The second-order valence-corrected chi connectivity index (χ2v) is 7.78. The first-order chi connectivity index (χ1) is 12.3. The molecule has 0 aromatic heterocycles. The topological polar surface area (TPSA) is 72.9 Å². The molecule has 0 aliphatic rings. The molecule has 2 aromatic rings. The highest BCUT2D eigenvalue weighted by atomic mass is 79.9. The molecule has 6 nitrogen and oxygen atoms in total. The second-order valence-electron chi connectivity index (χ2n) is 5.06. The van der Waals surface area contributed by atoms with Crippen molar-refractivity contribution in [2.75, 3.05) is 24.6 Å². The van der Waals surface area contributed by atoms with E-state index in [0.29, 0.717) is 4.47 Å². The molecular formula is C17H17BrFNO5S. The summed E-state index contributed by atoms with van der Waals surface area (Å²) in [5.41, 5.74) is 0.233. The molecule has 0 bridgehead atoms. The lowest BCUT2D eigenvalue weighted by molar-refractivity contribution is -0.141. The Hall–Kier alpha value is -2.13. The molecule has 0 fully saturated rings. The van der Waals surface area contributed by atoms with Gasteiger partial charge in [-0.05, 0) is 53.2 Å². The van der Waals surface area contributed by atoms with Crippen molar-refractivity contribution in [1.82, 2.24) is 0 Å². The number of hydrogen-bond acceptors (Lipinski definition) is 5. The van der Waals surface area contributed by atoms with Crippen LogP contribution in [0.5, 0.6) is 5.75 Å². The van der Waals surface area contributed by atoms with Crippen LogP contribution in [0, 0.1) is 5.82 Å². The lowest BCUT2D eigenvalue weighted by atomic mass is 10.3. The number of hydrogen-bond donors (Lipinski definition) is 0. The number of halogens is 2. The minimum Gasteiger partial charge on any atom is -0.494 e. The van der Waals surface area contributed by atoms with Crippen molar-refractivity contribution in [1.29, 1.82) is 0 Å². The molecule has 26 heavy (non-hydrogen) atoms. The summed E-state index contributed by atoms with van der Waals surface area (Å²) in [5.74, 6) is -1.63. The van der Waals surface area contributed by atoms with E-state index in [2.05, 4.69) is 15.9 Å². The number of esters is 1. The molecule has 140 valence electrons. The number of carbonyl (C=O) groups is 1. The molecule has 0 aliphatic heterocycles. The van der Waals surface area contributed by atoms with Crippen LogP contribution in [-0.4, -0.2) is 34.6 Å². The van der Waals surface area contributed by atoms with Crippen molar-refractivity contribution in [3.05, 3.63) is 52.8 Å².